The first kappa shape index (κ1) is 11.4. The first-order chi connectivity index (χ1) is 7.40. The molecule has 0 radical (unpaired) electrons. The van der Waals surface area contributed by atoms with E-state index in [4.69, 9.17) is 4.74 Å². The van der Waals surface area contributed by atoms with Crippen LogP contribution in [0.5, 0.6) is 0 Å². The van der Waals surface area contributed by atoms with E-state index >= 15 is 0 Å². The minimum Gasteiger partial charge on any atom is -0.378 e. The van der Waals surface area contributed by atoms with Gasteiger partial charge in [-0.25, -0.2) is 0 Å². The lowest BCUT2D eigenvalue weighted by molar-refractivity contribution is 0.100. The van der Waals surface area contributed by atoms with E-state index < -0.39 is 0 Å². The summed E-state index contributed by atoms with van der Waals surface area (Å²) in [5, 5.41) is 3.46. The lowest BCUT2D eigenvalue weighted by atomic mass is 9.95. The largest absolute Gasteiger partial charge is 0.378 e. The van der Waals surface area contributed by atoms with Gasteiger partial charge < -0.3 is 10.1 Å². The summed E-state index contributed by atoms with van der Waals surface area (Å²) in [7, 11) is 2.11. The van der Waals surface area contributed by atoms with Gasteiger partial charge in [0.25, 0.3) is 0 Å². The summed E-state index contributed by atoms with van der Waals surface area (Å²) < 4.78 is 5.66. The van der Waals surface area contributed by atoms with Crippen LogP contribution in [0.2, 0.25) is 0 Å². The molecule has 3 unspecified atom stereocenters. The van der Waals surface area contributed by atoms with Crippen LogP contribution in [-0.4, -0.2) is 25.8 Å². The average Bonchev–Trinajstić information content (AvgIpc) is 2.88. The van der Waals surface area contributed by atoms with E-state index in [9.17, 15) is 0 Å². The van der Waals surface area contributed by atoms with Crippen LogP contribution >= 0.6 is 0 Å². The lowest BCUT2D eigenvalue weighted by Gasteiger charge is -2.19. The highest BCUT2D eigenvalue weighted by atomic mass is 16.5. The lowest BCUT2D eigenvalue weighted by Crippen LogP contribution is -2.28. The fraction of sp³-hybridized carbons (Fsp3) is 1.00. The SMILES string of the molecule is CNC1CCCC1CCCC1CCCO1. The minimum absolute atomic E-state index is 0.597. The molecule has 1 aliphatic carbocycles. The summed E-state index contributed by atoms with van der Waals surface area (Å²) in [4.78, 5) is 0. The van der Waals surface area contributed by atoms with Crippen LogP contribution in [-0.2, 0) is 4.74 Å². The monoisotopic (exact) mass is 211 g/mol. The fourth-order valence-electron chi connectivity index (χ4n) is 3.24. The molecule has 0 aromatic rings. The minimum atomic E-state index is 0.597. The van der Waals surface area contributed by atoms with Crippen molar-refractivity contribution in [2.45, 2.75) is 63.5 Å². The molecule has 2 rings (SSSR count). The van der Waals surface area contributed by atoms with Crippen molar-refractivity contribution in [1.29, 1.82) is 0 Å². The number of ether oxygens (including phenoxy) is 1. The second-order valence-corrected chi connectivity index (χ2v) is 5.15. The molecule has 1 heterocycles. The van der Waals surface area contributed by atoms with E-state index in [1.807, 2.05) is 0 Å². The van der Waals surface area contributed by atoms with Crippen LogP contribution in [0.4, 0.5) is 0 Å². The first-order valence-corrected chi connectivity index (χ1v) is 6.69. The highest BCUT2D eigenvalue weighted by molar-refractivity contribution is 4.82. The number of rotatable bonds is 5. The molecule has 1 N–H and O–H groups in total. The van der Waals surface area contributed by atoms with E-state index in [-0.39, 0.29) is 0 Å². The summed E-state index contributed by atoms with van der Waals surface area (Å²) in [5.41, 5.74) is 0. The molecular weight excluding hydrogens is 186 g/mol. The molecular formula is C13H25NO. The van der Waals surface area contributed by atoms with Gasteiger partial charge in [0.1, 0.15) is 0 Å². The van der Waals surface area contributed by atoms with Crippen molar-refractivity contribution in [2.24, 2.45) is 5.92 Å². The van der Waals surface area contributed by atoms with Crippen LogP contribution in [0.25, 0.3) is 0 Å². The van der Waals surface area contributed by atoms with Crippen molar-refractivity contribution in [1.82, 2.24) is 5.32 Å². The van der Waals surface area contributed by atoms with Crippen molar-refractivity contribution >= 4 is 0 Å². The van der Waals surface area contributed by atoms with Gasteiger partial charge in [0, 0.05) is 12.6 Å². The van der Waals surface area contributed by atoms with Crippen molar-refractivity contribution < 1.29 is 4.74 Å². The summed E-state index contributed by atoms with van der Waals surface area (Å²) in [5.74, 6) is 0.941. The molecule has 0 spiro atoms. The van der Waals surface area contributed by atoms with Gasteiger partial charge in [-0.1, -0.05) is 12.8 Å². The predicted molar refractivity (Wildman–Crippen MR) is 63.0 cm³/mol. The molecule has 15 heavy (non-hydrogen) atoms. The van der Waals surface area contributed by atoms with Crippen molar-refractivity contribution in [3.05, 3.63) is 0 Å². The Morgan fingerprint density at radius 2 is 2.07 bits per heavy atom. The molecule has 1 saturated carbocycles. The zero-order valence-electron chi connectivity index (χ0n) is 10.0. The zero-order chi connectivity index (χ0) is 10.5. The Morgan fingerprint density at radius 3 is 2.80 bits per heavy atom. The van der Waals surface area contributed by atoms with Crippen molar-refractivity contribution in [2.75, 3.05) is 13.7 Å². The van der Waals surface area contributed by atoms with Crippen molar-refractivity contribution in [3.8, 4) is 0 Å². The average molecular weight is 211 g/mol. The number of hydrogen-bond acceptors (Lipinski definition) is 2. The van der Waals surface area contributed by atoms with Gasteiger partial charge in [-0.2, -0.15) is 0 Å². The first-order valence-electron chi connectivity index (χ1n) is 6.69. The third-order valence-electron chi connectivity index (χ3n) is 4.15. The van der Waals surface area contributed by atoms with Crippen LogP contribution in [0.1, 0.15) is 51.4 Å². The molecule has 2 nitrogen and oxygen atoms in total. The molecule has 88 valence electrons. The quantitative estimate of drug-likeness (QED) is 0.755. The van der Waals surface area contributed by atoms with Gasteiger partial charge in [-0.15, -0.1) is 0 Å². The smallest absolute Gasteiger partial charge is 0.0576 e. The maximum Gasteiger partial charge on any atom is 0.0576 e. The van der Waals surface area contributed by atoms with Gasteiger partial charge in [-0.05, 0) is 51.5 Å². The Balaban J connectivity index is 1.60. The van der Waals surface area contributed by atoms with Gasteiger partial charge in [0.2, 0.25) is 0 Å². The topological polar surface area (TPSA) is 21.3 Å². The number of hydrogen-bond donors (Lipinski definition) is 1. The van der Waals surface area contributed by atoms with Gasteiger partial charge in [-0.3, -0.25) is 0 Å². The van der Waals surface area contributed by atoms with E-state index in [0.717, 1.165) is 18.6 Å². The Kier molecular flexibility index (Phi) is 4.45. The summed E-state index contributed by atoms with van der Waals surface area (Å²) >= 11 is 0. The maximum absolute atomic E-state index is 5.66. The van der Waals surface area contributed by atoms with Crippen molar-refractivity contribution in [3.63, 3.8) is 0 Å². The molecule has 2 aliphatic rings. The summed E-state index contributed by atoms with van der Waals surface area (Å²) in [6.07, 6.45) is 11.5. The molecule has 1 aliphatic heterocycles. The van der Waals surface area contributed by atoms with E-state index in [0.29, 0.717) is 6.10 Å². The zero-order valence-corrected chi connectivity index (χ0v) is 10.0. The summed E-state index contributed by atoms with van der Waals surface area (Å²) in [6.45, 7) is 1.01. The molecule has 0 amide bonds. The van der Waals surface area contributed by atoms with Crippen LogP contribution < -0.4 is 5.32 Å². The third-order valence-corrected chi connectivity index (χ3v) is 4.15. The number of nitrogens with one attached hydrogen (secondary N) is 1. The third kappa shape index (κ3) is 3.18. The molecule has 3 atom stereocenters. The predicted octanol–water partition coefficient (Wildman–Crippen LogP) is 2.72. The van der Waals surface area contributed by atoms with E-state index in [1.165, 1.54) is 51.4 Å². The Labute approximate surface area is 93.8 Å². The van der Waals surface area contributed by atoms with Crippen LogP contribution in [0.15, 0.2) is 0 Å². The van der Waals surface area contributed by atoms with Gasteiger partial charge >= 0.3 is 0 Å². The Hall–Kier alpha value is -0.0800. The normalized spacial score (nSPS) is 36.2. The molecule has 0 aromatic heterocycles. The Bertz CT molecular complexity index is 177. The second kappa shape index (κ2) is 5.86. The standard InChI is InChI=1S/C13H25NO/c1-14-13-9-3-6-11(13)5-2-7-12-8-4-10-15-12/h11-14H,2-10H2,1H3. The van der Waals surface area contributed by atoms with Gasteiger partial charge in [0.05, 0.1) is 6.10 Å². The molecule has 2 heteroatoms. The highest BCUT2D eigenvalue weighted by Crippen LogP contribution is 2.30. The molecule has 2 fully saturated rings. The molecule has 1 saturated heterocycles. The second-order valence-electron chi connectivity index (χ2n) is 5.15. The summed E-state index contributed by atoms with van der Waals surface area (Å²) in [6, 6.07) is 0.800. The van der Waals surface area contributed by atoms with Crippen LogP contribution in [0.3, 0.4) is 0 Å². The fourth-order valence-corrected chi connectivity index (χ4v) is 3.24. The molecule has 0 bridgehead atoms. The van der Waals surface area contributed by atoms with E-state index in [1.54, 1.807) is 0 Å². The molecule has 0 aromatic carbocycles. The van der Waals surface area contributed by atoms with E-state index in [2.05, 4.69) is 12.4 Å². The highest BCUT2D eigenvalue weighted by Gasteiger charge is 2.25. The van der Waals surface area contributed by atoms with Crippen LogP contribution in [0, 0.1) is 5.92 Å². The van der Waals surface area contributed by atoms with Gasteiger partial charge in [0.15, 0.2) is 0 Å². The Morgan fingerprint density at radius 1 is 1.13 bits per heavy atom. The maximum atomic E-state index is 5.66.